The molecule has 0 aromatic carbocycles. The summed E-state index contributed by atoms with van der Waals surface area (Å²) >= 11 is 13.8. The molecule has 3 aromatic heterocycles. The number of ketones is 1. The number of halogens is 2. The number of hydrogen-bond donors (Lipinski definition) is 1. The van der Waals surface area contributed by atoms with E-state index in [1.807, 2.05) is 0 Å². The molecule has 9 nitrogen and oxygen atoms in total. The molecule has 0 amide bonds. The summed E-state index contributed by atoms with van der Waals surface area (Å²) in [5.74, 6) is 0.830. The Kier molecular flexibility index (Phi) is 8.97. The van der Waals surface area contributed by atoms with Crippen molar-refractivity contribution in [1.29, 1.82) is 0 Å². The number of rotatable bonds is 8. The first-order chi connectivity index (χ1) is 19.3. The molecule has 0 saturated carbocycles. The van der Waals surface area contributed by atoms with Gasteiger partial charge in [-0.1, -0.05) is 41.5 Å². The number of aromatic nitrogens is 4. The van der Waals surface area contributed by atoms with E-state index in [1.165, 1.54) is 17.8 Å². The summed E-state index contributed by atoms with van der Waals surface area (Å²) in [6.07, 6.45) is 8.23. The summed E-state index contributed by atoms with van der Waals surface area (Å²) in [6, 6.07) is 0. The van der Waals surface area contributed by atoms with Gasteiger partial charge >= 0.3 is 5.97 Å². The molecule has 2 atom stereocenters. The molecule has 40 heavy (non-hydrogen) atoms. The number of H-pyrrole nitrogens is 1. The van der Waals surface area contributed by atoms with Crippen LogP contribution >= 0.6 is 34.5 Å². The number of carbonyl (C=O) groups is 2. The highest BCUT2D eigenvalue weighted by molar-refractivity contribution is 7.17. The van der Waals surface area contributed by atoms with E-state index in [0.717, 1.165) is 49.8 Å². The van der Waals surface area contributed by atoms with Gasteiger partial charge in [-0.3, -0.25) is 4.79 Å². The van der Waals surface area contributed by atoms with E-state index < -0.39 is 5.97 Å². The molecule has 2 saturated heterocycles. The average molecular weight is 606 g/mol. The first-order valence-corrected chi connectivity index (χ1v) is 15.4. The number of nitrogens with zero attached hydrogens (tertiary/aromatic N) is 5. The number of thiazole rings is 1. The fourth-order valence-electron chi connectivity index (χ4n) is 5.46. The Morgan fingerprint density at radius 2 is 1.88 bits per heavy atom. The SMILES string of the molecule is CCOC(=O)c1sc(N2CC[C@@H](CC(=O)c3[nH]c(C)c(Cl)c3Cl)[C@@H](C)C2)nc1-c1cnc(N2CCCCC2)cn1. The second-order valence-corrected chi connectivity index (χ2v) is 12.3. The second kappa shape index (κ2) is 12.4. The third-order valence-electron chi connectivity index (χ3n) is 7.77. The first-order valence-electron chi connectivity index (χ1n) is 13.8. The highest BCUT2D eigenvalue weighted by atomic mass is 35.5. The van der Waals surface area contributed by atoms with Gasteiger partial charge in [0.25, 0.3) is 0 Å². The summed E-state index contributed by atoms with van der Waals surface area (Å²) in [5, 5.41) is 1.44. The van der Waals surface area contributed by atoms with Crippen molar-refractivity contribution in [1.82, 2.24) is 19.9 Å². The Bertz CT molecular complexity index is 1370. The van der Waals surface area contributed by atoms with Crippen molar-refractivity contribution in [2.24, 2.45) is 11.8 Å². The number of esters is 1. The molecule has 0 spiro atoms. The Labute approximate surface area is 248 Å². The maximum atomic E-state index is 13.0. The van der Waals surface area contributed by atoms with Crippen LogP contribution in [0.2, 0.25) is 10.0 Å². The summed E-state index contributed by atoms with van der Waals surface area (Å²) < 4.78 is 5.35. The summed E-state index contributed by atoms with van der Waals surface area (Å²) in [6.45, 7) is 9.40. The van der Waals surface area contributed by atoms with Crippen LogP contribution in [0.5, 0.6) is 0 Å². The zero-order valence-electron chi connectivity index (χ0n) is 23.0. The monoisotopic (exact) mass is 604 g/mol. The number of Topliss-reactive ketones (excluding diaryl/α,β-unsaturated/α-hetero) is 1. The average Bonchev–Trinajstić information content (AvgIpc) is 3.52. The molecule has 12 heteroatoms. The van der Waals surface area contributed by atoms with E-state index in [1.54, 1.807) is 26.2 Å². The fourth-order valence-corrected chi connectivity index (χ4v) is 6.90. The molecule has 0 aliphatic carbocycles. The van der Waals surface area contributed by atoms with Gasteiger partial charge in [0.15, 0.2) is 10.9 Å². The maximum absolute atomic E-state index is 13.0. The Morgan fingerprint density at radius 1 is 1.10 bits per heavy atom. The third kappa shape index (κ3) is 5.99. The molecule has 0 radical (unpaired) electrons. The van der Waals surface area contributed by atoms with Crippen LogP contribution in [0.4, 0.5) is 10.9 Å². The van der Waals surface area contributed by atoms with E-state index in [9.17, 15) is 9.59 Å². The lowest BCUT2D eigenvalue weighted by Crippen LogP contribution is -2.40. The molecule has 2 fully saturated rings. The van der Waals surface area contributed by atoms with Crippen molar-refractivity contribution in [2.45, 2.75) is 52.9 Å². The molecular formula is C28H34Cl2N6O3S. The fraction of sp³-hybridized carbons (Fsp3) is 0.536. The van der Waals surface area contributed by atoms with Crippen molar-refractivity contribution in [3.8, 4) is 11.4 Å². The van der Waals surface area contributed by atoms with Crippen LogP contribution in [0.25, 0.3) is 11.4 Å². The lowest BCUT2D eigenvalue weighted by atomic mass is 9.83. The van der Waals surface area contributed by atoms with Crippen molar-refractivity contribution in [3.05, 3.63) is 38.7 Å². The van der Waals surface area contributed by atoms with E-state index in [-0.39, 0.29) is 24.2 Å². The van der Waals surface area contributed by atoms with Crippen LogP contribution < -0.4 is 9.80 Å². The van der Waals surface area contributed by atoms with Gasteiger partial charge in [-0.25, -0.2) is 19.7 Å². The molecule has 1 N–H and O–H groups in total. The van der Waals surface area contributed by atoms with E-state index >= 15 is 0 Å². The largest absolute Gasteiger partial charge is 0.462 e. The van der Waals surface area contributed by atoms with E-state index in [0.29, 0.717) is 50.7 Å². The minimum atomic E-state index is -0.409. The van der Waals surface area contributed by atoms with Crippen molar-refractivity contribution < 1.29 is 14.3 Å². The normalized spacial score (nSPS) is 19.6. The van der Waals surface area contributed by atoms with Gasteiger partial charge in [0.05, 0.1) is 29.0 Å². The topological polar surface area (TPSA) is 104 Å². The second-order valence-electron chi connectivity index (χ2n) is 10.6. The van der Waals surface area contributed by atoms with Gasteiger partial charge in [-0.2, -0.15) is 0 Å². The van der Waals surface area contributed by atoms with Gasteiger partial charge in [-0.05, 0) is 51.4 Å². The lowest BCUT2D eigenvalue weighted by Gasteiger charge is -2.36. The third-order valence-corrected chi connectivity index (χ3v) is 9.81. The number of ether oxygens (including phenoxy) is 1. The molecular weight excluding hydrogens is 571 g/mol. The lowest BCUT2D eigenvalue weighted by molar-refractivity contribution is 0.0532. The molecule has 5 heterocycles. The number of nitrogens with one attached hydrogen (secondary N) is 1. The number of aryl methyl sites for hydroxylation is 1. The minimum absolute atomic E-state index is 0.0296. The number of hydrogen-bond acceptors (Lipinski definition) is 9. The van der Waals surface area contributed by atoms with Crippen LogP contribution in [0, 0.1) is 18.8 Å². The predicted octanol–water partition coefficient (Wildman–Crippen LogP) is 6.45. The van der Waals surface area contributed by atoms with Crippen LogP contribution in [0.1, 0.15) is 71.8 Å². The van der Waals surface area contributed by atoms with Crippen molar-refractivity contribution in [3.63, 3.8) is 0 Å². The summed E-state index contributed by atoms with van der Waals surface area (Å²) in [7, 11) is 0. The smallest absolute Gasteiger partial charge is 0.350 e. The quantitative estimate of drug-likeness (QED) is 0.231. The maximum Gasteiger partial charge on any atom is 0.350 e. The van der Waals surface area contributed by atoms with E-state index in [4.69, 9.17) is 32.9 Å². The van der Waals surface area contributed by atoms with Gasteiger partial charge in [0.2, 0.25) is 0 Å². The highest BCUT2D eigenvalue weighted by Gasteiger charge is 2.32. The van der Waals surface area contributed by atoms with Gasteiger partial charge < -0.3 is 19.5 Å². The Balaban J connectivity index is 1.32. The summed E-state index contributed by atoms with van der Waals surface area (Å²) in [4.78, 5) is 47.9. The Hall–Kier alpha value is -2.69. The molecule has 5 rings (SSSR count). The molecule has 2 aliphatic rings. The van der Waals surface area contributed by atoms with Crippen LogP contribution in [0.15, 0.2) is 12.4 Å². The van der Waals surface area contributed by atoms with Crippen molar-refractivity contribution >= 4 is 57.2 Å². The van der Waals surface area contributed by atoms with Crippen LogP contribution in [-0.4, -0.2) is 64.5 Å². The van der Waals surface area contributed by atoms with Crippen molar-refractivity contribution in [2.75, 3.05) is 42.6 Å². The zero-order valence-corrected chi connectivity index (χ0v) is 25.3. The zero-order chi connectivity index (χ0) is 28.4. The summed E-state index contributed by atoms with van der Waals surface area (Å²) in [5.41, 5.74) is 2.13. The number of anilines is 2. The molecule has 0 bridgehead atoms. The predicted molar refractivity (Wildman–Crippen MR) is 159 cm³/mol. The number of aromatic amines is 1. The van der Waals surface area contributed by atoms with Crippen LogP contribution in [-0.2, 0) is 4.74 Å². The molecule has 3 aromatic rings. The molecule has 214 valence electrons. The standard InChI is InChI=1S/C28H34Cl2N6O3S/c1-4-39-27(38)26-24(19-13-32-21(14-31-19)35-9-6-5-7-10-35)34-28(40-26)36-11-8-18(16(2)15-36)12-20(37)25-23(30)22(29)17(3)33-25/h13-14,16,18,33H,4-12,15H2,1-3H3/t16-,18-/m0/s1. The van der Waals surface area contributed by atoms with Gasteiger partial charge in [-0.15, -0.1) is 0 Å². The molecule has 2 aliphatic heterocycles. The van der Waals surface area contributed by atoms with Gasteiger partial charge in [0.1, 0.15) is 27.8 Å². The number of piperidine rings is 2. The van der Waals surface area contributed by atoms with Crippen LogP contribution in [0.3, 0.4) is 0 Å². The Morgan fingerprint density at radius 3 is 2.50 bits per heavy atom. The molecule has 0 unspecified atom stereocenters. The van der Waals surface area contributed by atoms with E-state index in [2.05, 4.69) is 31.7 Å². The highest BCUT2D eigenvalue weighted by Crippen LogP contribution is 2.38. The number of carbonyl (C=O) groups excluding carboxylic acids is 2. The van der Waals surface area contributed by atoms with Gasteiger partial charge in [0, 0.05) is 38.3 Å². The minimum Gasteiger partial charge on any atom is -0.462 e. The first kappa shape index (κ1) is 28.8.